The predicted octanol–water partition coefficient (Wildman–Crippen LogP) is 1.84. The Balaban J connectivity index is 2.03. The van der Waals surface area contributed by atoms with Gasteiger partial charge in [-0.2, -0.15) is 0 Å². The normalized spacial score (nSPS) is 22.6. The number of carbonyl (C=O) groups excluding carboxylic acids is 1. The minimum atomic E-state index is -0.471. The van der Waals surface area contributed by atoms with Crippen molar-refractivity contribution in [1.29, 1.82) is 0 Å². The fraction of sp³-hybridized carbons (Fsp3) is 0.500. The van der Waals surface area contributed by atoms with E-state index in [9.17, 15) is 9.90 Å². The molecule has 5 heteroatoms. The second-order valence-electron chi connectivity index (χ2n) is 5.19. The molecule has 0 aliphatic carbocycles. The zero-order valence-corrected chi connectivity index (χ0v) is 11.1. The lowest BCUT2D eigenvalue weighted by Crippen LogP contribution is -2.31. The van der Waals surface area contributed by atoms with Crippen molar-refractivity contribution in [1.82, 2.24) is 4.90 Å². The van der Waals surface area contributed by atoms with Crippen molar-refractivity contribution in [3.8, 4) is 5.75 Å². The van der Waals surface area contributed by atoms with Crippen molar-refractivity contribution in [2.75, 3.05) is 13.1 Å². The van der Waals surface area contributed by atoms with E-state index >= 15 is 0 Å². The third-order valence-electron chi connectivity index (χ3n) is 3.38. The Labute approximate surface area is 113 Å². The molecular weight excluding hydrogens is 244 g/mol. The molecule has 104 valence electrons. The number of para-hydroxylation sites is 1. The van der Waals surface area contributed by atoms with Crippen LogP contribution in [0.1, 0.15) is 25.3 Å². The van der Waals surface area contributed by atoms with Gasteiger partial charge in [0, 0.05) is 5.56 Å². The van der Waals surface area contributed by atoms with Crippen LogP contribution in [0.5, 0.6) is 5.75 Å². The van der Waals surface area contributed by atoms with E-state index < -0.39 is 5.60 Å². The van der Waals surface area contributed by atoms with Crippen LogP contribution >= 0.6 is 0 Å². The number of nitrogens with zero attached hydrogens (tertiary/aromatic N) is 1. The van der Waals surface area contributed by atoms with E-state index in [2.05, 4.69) is 0 Å². The van der Waals surface area contributed by atoms with Crippen molar-refractivity contribution in [2.24, 2.45) is 5.73 Å². The number of benzene rings is 1. The molecule has 1 fully saturated rings. The highest BCUT2D eigenvalue weighted by atomic mass is 16.6. The summed E-state index contributed by atoms with van der Waals surface area (Å²) in [5.41, 5.74) is 5.74. The second-order valence-corrected chi connectivity index (χ2v) is 5.19. The van der Waals surface area contributed by atoms with Gasteiger partial charge in [-0.15, -0.1) is 0 Å². The molecule has 0 spiro atoms. The van der Waals surface area contributed by atoms with Crippen molar-refractivity contribution in [3.63, 3.8) is 0 Å². The molecule has 1 amide bonds. The molecule has 1 saturated heterocycles. The Morgan fingerprint density at radius 1 is 1.47 bits per heavy atom. The Hall–Kier alpha value is -1.75. The van der Waals surface area contributed by atoms with Crippen LogP contribution in [0.15, 0.2) is 24.3 Å². The zero-order chi connectivity index (χ0) is 13.9. The molecule has 0 saturated carbocycles. The molecule has 1 heterocycles. The predicted molar refractivity (Wildman–Crippen MR) is 71.7 cm³/mol. The largest absolute Gasteiger partial charge is 0.508 e. The summed E-state index contributed by atoms with van der Waals surface area (Å²) in [7, 11) is 0. The molecule has 1 unspecified atom stereocenters. The maximum atomic E-state index is 11.9. The number of nitrogens with two attached hydrogens (primary N) is 1. The first-order valence-corrected chi connectivity index (χ1v) is 6.49. The number of rotatable bonds is 5. The van der Waals surface area contributed by atoms with Crippen molar-refractivity contribution in [2.45, 2.75) is 31.9 Å². The topological polar surface area (TPSA) is 75.8 Å². The minimum absolute atomic E-state index is 0.200. The van der Waals surface area contributed by atoms with Crippen LogP contribution < -0.4 is 5.73 Å². The monoisotopic (exact) mass is 264 g/mol. The number of phenolic OH excluding ortho intramolecular Hbond substituents is 1. The Bertz CT molecular complexity index is 464. The van der Waals surface area contributed by atoms with Gasteiger partial charge >= 0.3 is 6.09 Å². The van der Waals surface area contributed by atoms with E-state index in [1.165, 1.54) is 0 Å². The Morgan fingerprint density at radius 2 is 2.21 bits per heavy atom. The average Bonchev–Trinajstić information content (AvgIpc) is 2.65. The maximum absolute atomic E-state index is 11.9. The van der Waals surface area contributed by atoms with Gasteiger partial charge in [0.25, 0.3) is 0 Å². The smallest absolute Gasteiger partial charge is 0.410 e. The van der Waals surface area contributed by atoms with Crippen LogP contribution in [0.25, 0.3) is 0 Å². The van der Waals surface area contributed by atoms with E-state index in [1.54, 1.807) is 23.1 Å². The van der Waals surface area contributed by atoms with Crippen LogP contribution in [0, 0.1) is 0 Å². The molecule has 5 nitrogen and oxygen atoms in total. The Morgan fingerprint density at radius 3 is 2.89 bits per heavy atom. The first kappa shape index (κ1) is 13.7. The summed E-state index contributed by atoms with van der Waals surface area (Å²) in [5.74, 6) is 0.200. The van der Waals surface area contributed by atoms with E-state index in [0.717, 1.165) is 18.4 Å². The molecule has 1 aliphatic rings. The maximum Gasteiger partial charge on any atom is 0.410 e. The molecule has 0 aromatic heterocycles. The van der Waals surface area contributed by atoms with Gasteiger partial charge in [0.05, 0.1) is 13.1 Å². The number of cyclic esters (lactones) is 1. The molecule has 3 N–H and O–H groups in total. The van der Waals surface area contributed by atoms with E-state index in [1.807, 2.05) is 13.0 Å². The van der Waals surface area contributed by atoms with Crippen LogP contribution in [0.4, 0.5) is 4.79 Å². The van der Waals surface area contributed by atoms with E-state index in [0.29, 0.717) is 19.6 Å². The number of hydrogen-bond donors (Lipinski definition) is 2. The molecular formula is C14H20N2O3. The van der Waals surface area contributed by atoms with Crippen LogP contribution in [-0.4, -0.2) is 34.8 Å². The highest BCUT2D eigenvalue weighted by Crippen LogP contribution is 2.29. The summed E-state index contributed by atoms with van der Waals surface area (Å²) < 4.78 is 5.43. The van der Waals surface area contributed by atoms with E-state index in [-0.39, 0.29) is 11.8 Å². The SMILES string of the molecule is CC1(CCCN)CN(Cc2ccccc2O)C(=O)O1. The van der Waals surface area contributed by atoms with Gasteiger partial charge in [0.1, 0.15) is 11.4 Å². The van der Waals surface area contributed by atoms with E-state index in [4.69, 9.17) is 10.5 Å². The van der Waals surface area contributed by atoms with Gasteiger partial charge in [0.15, 0.2) is 0 Å². The zero-order valence-electron chi connectivity index (χ0n) is 11.1. The van der Waals surface area contributed by atoms with Gasteiger partial charge in [0.2, 0.25) is 0 Å². The number of amides is 1. The summed E-state index contributed by atoms with van der Waals surface area (Å²) >= 11 is 0. The third-order valence-corrected chi connectivity index (χ3v) is 3.38. The summed E-state index contributed by atoms with van der Waals surface area (Å²) in [4.78, 5) is 13.5. The molecule has 1 aromatic carbocycles. The number of carbonyl (C=O) groups is 1. The lowest BCUT2D eigenvalue weighted by molar-refractivity contribution is 0.0638. The van der Waals surface area contributed by atoms with Crippen molar-refractivity contribution in [3.05, 3.63) is 29.8 Å². The fourth-order valence-corrected chi connectivity index (χ4v) is 2.35. The third kappa shape index (κ3) is 3.17. The van der Waals surface area contributed by atoms with Crippen molar-refractivity contribution < 1.29 is 14.6 Å². The van der Waals surface area contributed by atoms with Crippen molar-refractivity contribution >= 4 is 6.09 Å². The van der Waals surface area contributed by atoms with Gasteiger partial charge in [-0.1, -0.05) is 18.2 Å². The summed E-state index contributed by atoms with van der Waals surface area (Å²) in [5, 5.41) is 9.73. The molecule has 19 heavy (non-hydrogen) atoms. The van der Waals surface area contributed by atoms with Crippen LogP contribution in [0.2, 0.25) is 0 Å². The highest BCUT2D eigenvalue weighted by molar-refractivity contribution is 5.70. The second kappa shape index (κ2) is 5.48. The number of aromatic hydroxyl groups is 1. The molecule has 1 atom stereocenters. The first-order chi connectivity index (χ1) is 9.04. The molecule has 1 aromatic rings. The van der Waals surface area contributed by atoms with Gasteiger partial charge in [-0.3, -0.25) is 4.90 Å². The average molecular weight is 264 g/mol. The van der Waals surface area contributed by atoms with Gasteiger partial charge < -0.3 is 15.6 Å². The van der Waals surface area contributed by atoms with Crippen LogP contribution in [0.3, 0.4) is 0 Å². The number of ether oxygens (including phenoxy) is 1. The summed E-state index contributed by atoms with van der Waals surface area (Å²) in [6.07, 6.45) is 1.25. The molecule has 1 aliphatic heterocycles. The summed E-state index contributed by atoms with van der Waals surface area (Å²) in [6.45, 7) is 3.40. The first-order valence-electron chi connectivity index (χ1n) is 6.49. The highest BCUT2D eigenvalue weighted by Gasteiger charge is 2.40. The lowest BCUT2D eigenvalue weighted by atomic mass is 10.00. The molecule has 2 rings (SSSR count). The molecule has 0 bridgehead atoms. The number of hydrogen-bond acceptors (Lipinski definition) is 4. The van der Waals surface area contributed by atoms with Gasteiger partial charge in [-0.25, -0.2) is 4.79 Å². The van der Waals surface area contributed by atoms with Gasteiger partial charge in [-0.05, 0) is 32.4 Å². The number of phenols is 1. The lowest BCUT2D eigenvalue weighted by Gasteiger charge is -2.21. The summed E-state index contributed by atoms with van der Waals surface area (Å²) in [6, 6.07) is 7.01. The van der Waals surface area contributed by atoms with Crippen LogP contribution in [-0.2, 0) is 11.3 Å². The fourth-order valence-electron chi connectivity index (χ4n) is 2.35. The molecule has 0 radical (unpaired) electrons. The minimum Gasteiger partial charge on any atom is -0.508 e. The standard InChI is InChI=1S/C14H20N2O3/c1-14(7-4-8-15)10-16(13(18)19-14)9-11-5-2-3-6-12(11)17/h2-3,5-6,17H,4,7-10,15H2,1H3. The Kier molecular flexibility index (Phi) is 3.95. The quantitative estimate of drug-likeness (QED) is 0.851.